The number of nitrogens with zero attached hydrogens (tertiary/aromatic N) is 2. The Morgan fingerprint density at radius 3 is 2.67 bits per heavy atom. The molecule has 0 atom stereocenters. The normalized spacial score (nSPS) is 10.7. The molecule has 2 heterocycles. The van der Waals surface area contributed by atoms with Crippen molar-refractivity contribution in [3.8, 4) is 10.4 Å². The Kier molecular flexibility index (Phi) is 4.52. The first kappa shape index (κ1) is 17.1. The summed E-state index contributed by atoms with van der Waals surface area (Å²) in [6.07, 6.45) is 1.49. The molecular formula is C20H15FN4OS. The zero-order valence-electron chi connectivity index (χ0n) is 14.4. The van der Waals surface area contributed by atoms with Gasteiger partial charge in [-0.15, -0.1) is 11.3 Å². The number of hydrogen-bond donors (Lipinski definition) is 2. The Labute approximate surface area is 158 Å². The monoisotopic (exact) mass is 378 g/mol. The van der Waals surface area contributed by atoms with Gasteiger partial charge in [0.1, 0.15) is 12.1 Å². The lowest BCUT2D eigenvalue weighted by atomic mass is 10.2. The van der Waals surface area contributed by atoms with Crippen molar-refractivity contribution in [3.05, 3.63) is 72.3 Å². The van der Waals surface area contributed by atoms with Crippen molar-refractivity contribution in [2.24, 2.45) is 0 Å². The fourth-order valence-electron chi connectivity index (χ4n) is 2.72. The number of rotatable bonds is 4. The average molecular weight is 378 g/mol. The van der Waals surface area contributed by atoms with Crippen LogP contribution in [0.25, 0.3) is 20.7 Å². The summed E-state index contributed by atoms with van der Waals surface area (Å²) in [6, 6.07) is 15.5. The molecule has 2 aromatic carbocycles. The Balaban J connectivity index is 1.70. The number of halogens is 1. The van der Waals surface area contributed by atoms with Crippen LogP contribution < -0.4 is 10.6 Å². The summed E-state index contributed by atoms with van der Waals surface area (Å²) in [5, 5.41) is 5.87. The largest absolute Gasteiger partial charge is 0.355 e. The fourth-order valence-corrected chi connectivity index (χ4v) is 3.78. The maximum atomic E-state index is 13.2. The van der Waals surface area contributed by atoms with Crippen LogP contribution in [0.1, 0.15) is 10.4 Å². The van der Waals surface area contributed by atoms with Crippen LogP contribution in [-0.4, -0.2) is 22.9 Å². The second-order valence-corrected chi connectivity index (χ2v) is 6.89. The van der Waals surface area contributed by atoms with Gasteiger partial charge < -0.3 is 10.6 Å². The predicted molar refractivity (Wildman–Crippen MR) is 106 cm³/mol. The van der Waals surface area contributed by atoms with Crippen molar-refractivity contribution in [2.45, 2.75) is 0 Å². The molecule has 0 unspecified atom stereocenters. The van der Waals surface area contributed by atoms with E-state index in [1.54, 1.807) is 31.3 Å². The second kappa shape index (κ2) is 7.13. The van der Waals surface area contributed by atoms with Gasteiger partial charge in [0.2, 0.25) is 0 Å². The number of amides is 1. The van der Waals surface area contributed by atoms with Crippen molar-refractivity contribution < 1.29 is 9.18 Å². The lowest BCUT2D eigenvalue weighted by Crippen LogP contribution is -2.17. The van der Waals surface area contributed by atoms with Gasteiger partial charge in [0.15, 0.2) is 5.82 Å². The topological polar surface area (TPSA) is 66.9 Å². The number of carbonyl (C=O) groups is 1. The minimum absolute atomic E-state index is 0.152. The van der Waals surface area contributed by atoms with Gasteiger partial charge >= 0.3 is 0 Å². The zero-order valence-corrected chi connectivity index (χ0v) is 15.2. The van der Waals surface area contributed by atoms with E-state index < -0.39 is 0 Å². The third kappa shape index (κ3) is 3.50. The van der Waals surface area contributed by atoms with Crippen LogP contribution in [0, 0.1) is 5.82 Å². The minimum atomic E-state index is -0.266. The molecule has 0 saturated carbocycles. The third-order valence-corrected chi connectivity index (χ3v) is 5.23. The summed E-state index contributed by atoms with van der Waals surface area (Å²) in [6.45, 7) is 0. The summed E-state index contributed by atoms with van der Waals surface area (Å²) in [5.41, 5.74) is 3.05. The standard InChI is InChI=1S/C20H15FN4OS/c1-22-20(26)13-3-2-4-15(9-13)25-19-18-16(23-11-24-19)10-17(27-18)12-5-7-14(21)8-6-12/h2-11H,1H3,(H,22,26)(H,23,24,25). The number of thiophene rings is 1. The summed E-state index contributed by atoms with van der Waals surface area (Å²) in [4.78, 5) is 21.5. The zero-order chi connectivity index (χ0) is 18.8. The molecule has 7 heteroatoms. The van der Waals surface area contributed by atoms with Gasteiger partial charge in [0.25, 0.3) is 5.91 Å². The highest BCUT2D eigenvalue weighted by atomic mass is 32.1. The number of nitrogens with one attached hydrogen (secondary N) is 2. The Morgan fingerprint density at radius 1 is 1.07 bits per heavy atom. The highest BCUT2D eigenvalue weighted by Crippen LogP contribution is 2.36. The summed E-state index contributed by atoms with van der Waals surface area (Å²) in [7, 11) is 1.60. The molecule has 4 aromatic rings. The molecule has 0 saturated heterocycles. The highest BCUT2D eigenvalue weighted by Gasteiger charge is 2.11. The number of anilines is 2. The molecular weight excluding hydrogens is 363 g/mol. The van der Waals surface area contributed by atoms with Gasteiger partial charge in [0.05, 0.1) is 10.2 Å². The molecule has 2 aromatic heterocycles. The van der Waals surface area contributed by atoms with Crippen molar-refractivity contribution in [2.75, 3.05) is 12.4 Å². The van der Waals surface area contributed by atoms with E-state index in [1.165, 1.54) is 29.8 Å². The van der Waals surface area contributed by atoms with Crippen molar-refractivity contribution in [1.29, 1.82) is 0 Å². The summed E-state index contributed by atoms with van der Waals surface area (Å²) in [5.74, 6) is 0.242. The molecule has 5 nitrogen and oxygen atoms in total. The molecule has 0 radical (unpaired) electrons. The maximum Gasteiger partial charge on any atom is 0.251 e. The molecule has 0 aliphatic rings. The van der Waals surface area contributed by atoms with Crippen LogP contribution in [0.2, 0.25) is 0 Å². The van der Waals surface area contributed by atoms with E-state index >= 15 is 0 Å². The van der Waals surface area contributed by atoms with Gasteiger partial charge in [-0.05, 0) is 42.0 Å². The highest BCUT2D eigenvalue weighted by molar-refractivity contribution is 7.22. The van der Waals surface area contributed by atoms with Gasteiger partial charge in [-0.3, -0.25) is 4.79 Å². The average Bonchev–Trinajstić information content (AvgIpc) is 3.13. The minimum Gasteiger partial charge on any atom is -0.355 e. The smallest absolute Gasteiger partial charge is 0.251 e. The van der Waals surface area contributed by atoms with E-state index in [0.717, 1.165) is 26.3 Å². The SMILES string of the molecule is CNC(=O)c1cccc(Nc2ncnc3cc(-c4ccc(F)cc4)sc23)c1. The van der Waals surface area contributed by atoms with E-state index in [2.05, 4.69) is 20.6 Å². The van der Waals surface area contributed by atoms with E-state index in [9.17, 15) is 9.18 Å². The number of hydrogen-bond acceptors (Lipinski definition) is 5. The lowest BCUT2D eigenvalue weighted by Gasteiger charge is -2.07. The lowest BCUT2D eigenvalue weighted by molar-refractivity contribution is 0.0963. The summed E-state index contributed by atoms with van der Waals surface area (Å²) < 4.78 is 14.1. The third-order valence-electron chi connectivity index (χ3n) is 4.05. The van der Waals surface area contributed by atoms with E-state index in [-0.39, 0.29) is 11.7 Å². The first-order valence-corrected chi connectivity index (χ1v) is 9.05. The van der Waals surface area contributed by atoms with Gasteiger partial charge in [-0.25, -0.2) is 14.4 Å². The molecule has 0 spiro atoms. The first-order chi connectivity index (χ1) is 13.1. The van der Waals surface area contributed by atoms with Crippen LogP contribution in [0.5, 0.6) is 0 Å². The number of fused-ring (bicyclic) bond motifs is 1. The quantitative estimate of drug-likeness (QED) is 0.545. The number of benzene rings is 2. The molecule has 0 fully saturated rings. The van der Waals surface area contributed by atoms with E-state index in [1.807, 2.05) is 18.2 Å². The first-order valence-electron chi connectivity index (χ1n) is 8.24. The fraction of sp³-hybridized carbons (Fsp3) is 0.0500. The molecule has 27 heavy (non-hydrogen) atoms. The van der Waals surface area contributed by atoms with Crippen molar-refractivity contribution in [1.82, 2.24) is 15.3 Å². The van der Waals surface area contributed by atoms with Crippen molar-refractivity contribution >= 4 is 39.0 Å². The summed E-state index contributed by atoms with van der Waals surface area (Å²) >= 11 is 1.53. The maximum absolute atomic E-state index is 13.2. The van der Waals surface area contributed by atoms with Gasteiger partial charge in [0, 0.05) is 23.2 Å². The Hall–Kier alpha value is -3.32. The number of carbonyl (C=O) groups excluding carboxylic acids is 1. The van der Waals surface area contributed by atoms with E-state index in [4.69, 9.17) is 0 Å². The predicted octanol–water partition coefficient (Wildman–Crippen LogP) is 4.60. The van der Waals surface area contributed by atoms with Crippen LogP contribution in [0.4, 0.5) is 15.9 Å². The molecule has 0 bridgehead atoms. The molecule has 134 valence electrons. The Morgan fingerprint density at radius 2 is 1.89 bits per heavy atom. The number of aromatic nitrogens is 2. The van der Waals surface area contributed by atoms with E-state index in [0.29, 0.717) is 11.4 Å². The van der Waals surface area contributed by atoms with Gasteiger partial charge in [-0.2, -0.15) is 0 Å². The molecule has 0 aliphatic heterocycles. The van der Waals surface area contributed by atoms with Gasteiger partial charge in [-0.1, -0.05) is 18.2 Å². The Bertz CT molecular complexity index is 1120. The molecule has 4 rings (SSSR count). The van der Waals surface area contributed by atoms with Crippen LogP contribution in [-0.2, 0) is 0 Å². The van der Waals surface area contributed by atoms with Crippen LogP contribution in [0.15, 0.2) is 60.9 Å². The van der Waals surface area contributed by atoms with Crippen molar-refractivity contribution in [3.63, 3.8) is 0 Å². The van der Waals surface area contributed by atoms with Crippen LogP contribution >= 0.6 is 11.3 Å². The van der Waals surface area contributed by atoms with Crippen LogP contribution in [0.3, 0.4) is 0 Å². The molecule has 2 N–H and O–H groups in total. The second-order valence-electron chi connectivity index (χ2n) is 5.84. The molecule has 1 amide bonds. The molecule has 0 aliphatic carbocycles.